The number of hydrogen-bond donors (Lipinski definition) is 4. The van der Waals surface area contributed by atoms with Gasteiger partial charge in [0.05, 0.1) is 16.8 Å². The zero-order valence-electron chi connectivity index (χ0n) is 21.1. The molecule has 0 saturated heterocycles. The van der Waals surface area contributed by atoms with Gasteiger partial charge in [-0.05, 0) is 47.5 Å². The van der Waals surface area contributed by atoms with Crippen LogP contribution < -0.4 is 21.1 Å². The van der Waals surface area contributed by atoms with Crippen molar-refractivity contribution in [1.29, 1.82) is 0 Å². The van der Waals surface area contributed by atoms with E-state index in [-0.39, 0.29) is 11.6 Å². The van der Waals surface area contributed by atoms with E-state index in [4.69, 9.17) is 5.14 Å². The number of nitrogens with two attached hydrogens (primary N) is 1. The van der Waals surface area contributed by atoms with Crippen molar-refractivity contribution in [2.24, 2.45) is 12.2 Å². The molecular formula is C27H27FN8O2S. The Bertz CT molecular complexity index is 1720. The van der Waals surface area contributed by atoms with Crippen LogP contribution in [0.3, 0.4) is 0 Å². The molecule has 0 amide bonds. The SMILES string of the molecule is Cn1c(NCc2ccccc2F)nc2cc(CNc3ccnc(Nc4ccc(CS(N)(=O)=O)cc4)n3)ccc21. The lowest BCUT2D eigenvalue weighted by Gasteiger charge is -2.09. The fraction of sp³-hybridized carbons (Fsp3) is 0.148. The van der Waals surface area contributed by atoms with Crippen LogP contribution in [0.4, 0.5) is 27.8 Å². The number of aromatic nitrogens is 4. The molecule has 0 atom stereocenters. The van der Waals surface area contributed by atoms with Crippen LogP contribution in [0.15, 0.2) is 79.0 Å². The number of aryl methyl sites for hydroxylation is 1. The van der Waals surface area contributed by atoms with Crippen molar-refractivity contribution in [3.05, 3.63) is 102 Å². The number of nitrogens with zero attached hydrogens (tertiary/aromatic N) is 4. The van der Waals surface area contributed by atoms with Crippen molar-refractivity contribution < 1.29 is 12.8 Å². The van der Waals surface area contributed by atoms with Crippen molar-refractivity contribution >= 4 is 44.5 Å². The van der Waals surface area contributed by atoms with E-state index in [2.05, 4.69) is 30.9 Å². The van der Waals surface area contributed by atoms with Crippen LogP contribution in [-0.4, -0.2) is 27.9 Å². The van der Waals surface area contributed by atoms with Gasteiger partial charge in [0.2, 0.25) is 21.9 Å². The molecule has 5 aromatic rings. The topological polar surface area (TPSA) is 140 Å². The molecule has 0 radical (unpaired) electrons. The molecule has 5 N–H and O–H groups in total. The number of rotatable bonds is 10. The molecule has 200 valence electrons. The number of nitrogens with one attached hydrogen (secondary N) is 3. The number of sulfonamides is 1. The zero-order valence-corrected chi connectivity index (χ0v) is 21.9. The van der Waals surface area contributed by atoms with Crippen molar-refractivity contribution in [1.82, 2.24) is 19.5 Å². The molecule has 2 heterocycles. The number of hydrogen-bond acceptors (Lipinski definition) is 8. The standard InChI is InChI=1S/C27H27FN8O2S/c1-36-24-11-8-19(14-23(24)34-27(36)32-16-20-4-2-3-5-22(20)28)15-31-25-12-13-30-26(35-25)33-21-9-6-18(7-10-21)17-39(29,37)38/h2-14H,15-17H2,1H3,(H,32,34)(H2,29,37,38)(H2,30,31,33,35). The summed E-state index contributed by atoms with van der Waals surface area (Å²) in [5.41, 5.74) is 4.68. The largest absolute Gasteiger partial charge is 0.366 e. The van der Waals surface area contributed by atoms with Gasteiger partial charge in [-0.1, -0.05) is 36.4 Å². The Labute approximate surface area is 225 Å². The third-order valence-electron chi connectivity index (χ3n) is 6.05. The monoisotopic (exact) mass is 546 g/mol. The first-order chi connectivity index (χ1) is 18.7. The predicted molar refractivity (Wildman–Crippen MR) is 150 cm³/mol. The Kier molecular flexibility index (Phi) is 7.39. The fourth-order valence-corrected chi connectivity index (χ4v) is 4.74. The second kappa shape index (κ2) is 11.1. The number of anilines is 4. The van der Waals surface area contributed by atoms with E-state index in [1.165, 1.54) is 6.07 Å². The minimum atomic E-state index is -3.59. The molecular weight excluding hydrogens is 519 g/mol. The summed E-state index contributed by atoms with van der Waals surface area (Å²) in [4.78, 5) is 13.4. The first kappa shape index (κ1) is 26.1. The Hall–Kier alpha value is -4.55. The lowest BCUT2D eigenvalue weighted by atomic mass is 10.2. The Balaban J connectivity index is 1.22. The van der Waals surface area contributed by atoms with Gasteiger partial charge in [-0.2, -0.15) is 4.98 Å². The average Bonchev–Trinajstić information content (AvgIpc) is 3.22. The average molecular weight is 547 g/mol. The van der Waals surface area contributed by atoms with Crippen LogP contribution in [0.2, 0.25) is 0 Å². The minimum absolute atomic E-state index is 0.223. The van der Waals surface area contributed by atoms with Crippen LogP contribution >= 0.6 is 0 Å². The third-order valence-corrected chi connectivity index (χ3v) is 6.78. The highest BCUT2D eigenvalue weighted by molar-refractivity contribution is 7.88. The molecule has 0 spiro atoms. The smallest absolute Gasteiger partial charge is 0.229 e. The van der Waals surface area contributed by atoms with E-state index in [9.17, 15) is 12.8 Å². The Morgan fingerprint density at radius 3 is 2.46 bits per heavy atom. The highest BCUT2D eigenvalue weighted by Gasteiger charge is 2.10. The molecule has 0 aliphatic rings. The number of benzene rings is 3. The molecule has 2 aromatic heterocycles. The molecule has 12 heteroatoms. The summed E-state index contributed by atoms with van der Waals surface area (Å²) in [5.74, 6) is 1.20. The molecule has 10 nitrogen and oxygen atoms in total. The van der Waals surface area contributed by atoms with Gasteiger partial charge in [-0.15, -0.1) is 0 Å². The van der Waals surface area contributed by atoms with Gasteiger partial charge in [0.25, 0.3) is 0 Å². The van der Waals surface area contributed by atoms with Crippen molar-refractivity contribution in [3.8, 4) is 0 Å². The second-order valence-corrected chi connectivity index (χ2v) is 10.6. The van der Waals surface area contributed by atoms with Gasteiger partial charge in [-0.3, -0.25) is 0 Å². The first-order valence-electron chi connectivity index (χ1n) is 12.1. The summed E-state index contributed by atoms with van der Waals surface area (Å²) in [6, 6.07) is 21.3. The van der Waals surface area contributed by atoms with E-state index in [1.54, 1.807) is 48.7 Å². The molecule has 0 saturated carbocycles. The normalized spacial score (nSPS) is 11.5. The van der Waals surface area contributed by atoms with E-state index in [0.717, 1.165) is 16.6 Å². The molecule has 0 bridgehead atoms. The first-order valence-corrected chi connectivity index (χ1v) is 13.8. The summed E-state index contributed by atoms with van der Waals surface area (Å²) in [5, 5.41) is 14.7. The van der Waals surface area contributed by atoms with Gasteiger partial charge >= 0.3 is 0 Å². The maximum atomic E-state index is 14.0. The molecule has 0 aliphatic carbocycles. The minimum Gasteiger partial charge on any atom is -0.366 e. The van der Waals surface area contributed by atoms with Crippen LogP contribution in [0, 0.1) is 5.82 Å². The van der Waals surface area contributed by atoms with E-state index in [1.807, 2.05) is 35.9 Å². The fourth-order valence-electron chi connectivity index (χ4n) is 4.09. The van der Waals surface area contributed by atoms with Gasteiger partial charge in [-0.25, -0.2) is 27.9 Å². The summed E-state index contributed by atoms with van der Waals surface area (Å²) >= 11 is 0. The maximum absolute atomic E-state index is 14.0. The summed E-state index contributed by atoms with van der Waals surface area (Å²) < 4.78 is 38.4. The van der Waals surface area contributed by atoms with Gasteiger partial charge < -0.3 is 20.5 Å². The molecule has 0 aliphatic heterocycles. The van der Waals surface area contributed by atoms with Gasteiger partial charge in [0.1, 0.15) is 11.6 Å². The zero-order chi connectivity index (χ0) is 27.4. The van der Waals surface area contributed by atoms with E-state index >= 15 is 0 Å². The number of fused-ring (bicyclic) bond motifs is 1. The highest BCUT2D eigenvalue weighted by atomic mass is 32.2. The van der Waals surface area contributed by atoms with Crippen molar-refractivity contribution in [2.45, 2.75) is 18.8 Å². The van der Waals surface area contributed by atoms with Crippen LogP contribution in [-0.2, 0) is 35.9 Å². The molecule has 3 aromatic carbocycles. The second-order valence-electron chi connectivity index (χ2n) is 9.01. The Morgan fingerprint density at radius 2 is 1.69 bits per heavy atom. The Morgan fingerprint density at radius 1 is 0.923 bits per heavy atom. The summed E-state index contributed by atoms with van der Waals surface area (Å²) in [6.07, 6.45) is 1.64. The summed E-state index contributed by atoms with van der Waals surface area (Å²) in [6.45, 7) is 0.852. The number of halogens is 1. The van der Waals surface area contributed by atoms with Crippen LogP contribution in [0.25, 0.3) is 11.0 Å². The van der Waals surface area contributed by atoms with Gasteiger partial charge in [0.15, 0.2) is 0 Å². The number of imidazole rings is 1. The molecule has 5 rings (SSSR count). The highest BCUT2D eigenvalue weighted by Crippen LogP contribution is 2.22. The molecule has 0 unspecified atom stereocenters. The van der Waals surface area contributed by atoms with Crippen LogP contribution in [0.5, 0.6) is 0 Å². The molecule has 39 heavy (non-hydrogen) atoms. The maximum Gasteiger partial charge on any atom is 0.229 e. The van der Waals surface area contributed by atoms with Gasteiger partial charge in [0, 0.05) is 37.6 Å². The summed E-state index contributed by atoms with van der Waals surface area (Å²) in [7, 11) is -1.67. The lowest BCUT2D eigenvalue weighted by molar-refractivity contribution is 0.597. The van der Waals surface area contributed by atoms with Crippen molar-refractivity contribution in [2.75, 3.05) is 16.0 Å². The lowest BCUT2D eigenvalue weighted by Crippen LogP contribution is -2.14. The van der Waals surface area contributed by atoms with E-state index < -0.39 is 10.0 Å². The number of primary sulfonamides is 1. The van der Waals surface area contributed by atoms with Crippen LogP contribution in [0.1, 0.15) is 16.7 Å². The van der Waals surface area contributed by atoms with Crippen molar-refractivity contribution in [3.63, 3.8) is 0 Å². The van der Waals surface area contributed by atoms with E-state index in [0.29, 0.717) is 47.6 Å². The third kappa shape index (κ3) is 6.67. The predicted octanol–water partition coefficient (Wildman–Crippen LogP) is 4.26. The quantitative estimate of drug-likeness (QED) is 0.204. The molecule has 0 fully saturated rings.